The number of aromatic nitrogens is 1. The van der Waals surface area contributed by atoms with Gasteiger partial charge < -0.3 is 14.7 Å². The Bertz CT molecular complexity index is 1200. The maximum atomic E-state index is 10.7. The first-order valence-electron chi connectivity index (χ1n) is 11.9. The van der Waals surface area contributed by atoms with Gasteiger partial charge >= 0.3 is 5.97 Å². The van der Waals surface area contributed by atoms with Gasteiger partial charge in [-0.1, -0.05) is 73.7 Å². The number of benzene rings is 3. The molecule has 0 atom stereocenters. The van der Waals surface area contributed by atoms with Crippen LogP contribution in [-0.2, 0) is 24.4 Å². The van der Waals surface area contributed by atoms with Crippen LogP contribution in [0.1, 0.15) is 36.5 Å². The first-order valence-corrected chi connectivity index (χ1v) is 12.8. The molecule has 0 fully saturated rings. The number of aryl methyl sites for hydroxylation is 1. The number of carbonyl (C=O) groups is 1. The van der Waals surface area contributed by atoms with Gasteiger partial charge in [0.15, 0.2) is 5.13 Å². The summed E-state index contributed by atoms with van der Waals surface area (Å²) in [5, 5.41) is 12.0. The quantitative estimate of drug-likeness (QED) is 0.238. The van der Waals surface area contributed by atoms with Crippen molar-refractivity contribution in [2.45, 2.75) is 39.3 Å². The molecule has 180 valence electrons. The number of anilines is 1. The van der Waals surface area contributed by atoms with Crippen molar-refractivity contribution in [2.75, 3.05) is 11.4 Å². The molecule has 0 spiro atoms. The molecule has 3 aromatic carbocycles. The average molecular weight is 487 g/mol. The molecule has 35 heavy (non-hydrogen) atoms. The number of thiazole rings is 1. The molecule has 4 rings (SSSR count). The third kappa shape index (κ3) is 7.17. The Morgan fingerprint density at radius 3 is 2.31 bits per heavy atom. The zero-order valence-corrected chi connectivity index (χ0v) is 20.7. The summed E-state index contributed by atoms with van der Waals surface area (Å²) < 4.78 is 5.91. The minimum atomic E-state index is -0.782. The number of rotatable bonds is 12. The minimum Gasteiger partial charge on any atom is -0.489 e. The number of carboxylic acid groups (broad SMARTS) is 1. The van der Waals surface area contributed by atoms with Gasteiger partial charge in [-0.15, -0.1) is 11.3 Å². The van der Waals surface area contributed by atoms with Crippen molar-refractivity contribution in [3.8, 4) is 17.0 Å². The average Bonchev–Trinajstić information content (AvgIpc) is 3.38. The van der Waals surface area contributed by atoms with E-state index in [9.17, 15) is 4.79 Å². The molecule has 0 aliphatic rings. The van der Waals surface area contributed by atoms with Crippen LogP contribution in [0.3, 0.4) is 0 Å². The Balaban J connectivity index is 1.33. The van der Waals surface area contributed by atoms with E-state index in [1.54, 1.807) is 11.3 Å². The fraction of sp³-hybridized carbons (Fsp3) is 0.241. The Kier molecular flexibility index (Phi) is 8.52. The summed E-state index contributed by atoms with van der Waals surface area (Å²) in [6.45, 7) is 4.45. The summed E-state index contributed by atoms with van der Waals surface area (Å²) in [6, 6.07) is 26.5. The molecular weight excluding hydrogens is 456 g/mol. The molecule has 4 aromatic rings. The summed E-state index contributed by atoms with van der Waals surface area (Å²) in [7, 11) is 0. The molecule has 1 aromatic heterocycles. The van der Waals surface area contributed by atoms with Gasteiger partial charge in [0.1, 0.15) is 12.4 Å². The van der Waals surface area contributed by atoms with E-state index in [4.69, 9.17) is 14.8 Å². The predicted molar refractivity (Wildman–Crippen MR) is 142 cm³/mol. The summed E-state index contributed by atoms with van der Waals surface area (Å²) in [5.74, 6) is -0.00423. The van der Waals surface area contributed by atoms with Crippen LogP contribution in [0.15, 0.2) is 84.2 Å². The molecular formula is C29H30N2O3S. The molecule has 0 aliphatic carbocycles. The lowest BCUT2D eigenvalue weighted by molar-refractivity contribution is -0.136. The normalized spacial score (nSPS) is 10.8. The molecule has 0 saturated heterocycles. The first-order chi connectivity index (χ1) is 17.1. The minimum absolute atomic E-state index is 0.138. The van der Waals surface area contributed by atoms with E-state index in [2.05, 4.69) is 53.6 Å². The van der Waals surface area contributed by atoms with Crippen molar-refractivity contribution >= 4 is 22.4 Å². The zero-order valence-electron chi connectivity index (χ0n) is 19.9. The second kappa shape index (κ2) is 12.2. The smallest absolute Gasteiger partial charge is 0.303 e. The van der Waals surface area contributed by atoms with Gasteiger partial charge in [0.2, 0.25) is 0 Å². The maximum absolute atomic E-state index is 10.7. The van der Waals surface area contributed by atoms with E-state index in [1.165, 1.54) is 5.56 Å². The number of hydrogen-bond donors (Lipinski definition) is 1. The molecule has 5 nitrogen and oxygen atoms in total. The number of carboxylic acids is 1. The van der Waals surface area contributed by atoms with E-state index < -0.39 is 5.97 Å². The van der Waals surface area contributed by atoms with Gasteiger partial charge in [0, 0.05) is 30.5 Å². The lowest BCUT2D eigenvalue weighted by Crippen LogP contribution is -2.23. The van der Waals surface area contributed by atoms with Crippen molar-refractivity contribution in [1.82, 2.24) is 4.98 Å². The summed E-state index contributed by atoms with van der Waals surface area (Å²) in [4.78, 5) is 18.0. The number of aliphatic carboxylic acids is 1. The molecule has 0 radical (unpaired) electrons. The topological polar surface area (TPSA) is 62.7 Å². The highest BCUT2D eigenvalue weighted by Crippen LogP contribution is 2.28. The first kappa shape index (κ1) is 24.5. The van der Waals surface area contributed by atoms with Crippen molar-refractivity contribution in [3.63, 3.8) is 0 Å². The summed E-state index contributed by atoms with van der Waals surface area (Å²) >= 11 is 1.69. The molecule has 0 aliphatic heterocycles. The van der Waals surface area contributed by atoms with Gasteiger partial charge in [-0.25, -0.2) is 4.98 Å². The number of ether oxygens (including phenoxy) is 1. The van der Waals surface area contributed by atoms with E-state index in [0.717, 1.165) is 52.8 Å². The highest BCUT2D eigenvalue weighted by Gasteiger charge is 2.12. The molecule has 6 heteroatoms. The van der Waals surface area contributed by atoms with Gasteiger partial charge in [0.25, 0.3) is 0 Å². The van der Waals surface area contributed by atoms with E-state index >= 15 is 0 Å². The number of hydrogen-bond acceptors (Lipinski definition) is 5. The fourth-order valence-corrected chi connectivity index (χ4v) is 4.66. The van der Waals surface area contributed by atoms with Crippen molar-refractivity contribution in [3.05, 3.63) is 101 Å². The highest BCUT2D eigenvalue weighted by atomic mass is 32.1. The second-order valence-corrected chi connectivity index (χ2v) is 9.28. The van der Waals surface area contributed by atoms with Gasteiger partial charge in [-0.2, -0.15) is 0 Å². The van der Waals surface area contributed by atoms with Crippen LogP contribution in [-0.4, -0.2) is 22.6 Å². The second-order valence-electron chi connectivity index (χ2n) is 8.45. The Morgan fingerprint density at radius 2 is 1.63 bits per heavy atom. The van der Waals surface area contributed by atoms with Gasteiger partial charge in [0.05, 0.1) is 5.69 Å². The third-order valence-electron chi connectivity index (χ3n) is 5.68. The number of nitrogens with zero attached hydrogens (tertiary/aromatic N) is 2. The van der Waals surface area contributed by atoms with Crippen LogP contribution in [0.2, 0.25) is 0 Å². The van der Waals surface area contributed by atoms with Crippen molar-refractivity contribution < 1.29 is 14.6 Å². The Labute approximate surface area is 210 Å². The van der Waals surface area contributed by atoms with Crippen LogP contribution in [0.5, 0.6) is 5.75 Å². The molecule has 0 saturated carbocycles. The lowest BCUT2D eigenvalue weighted by Gasteiger charge is -2.21. The standard InChI is InChI=1S/C29H30N2O3S/c1-2-18-31(29-30-27(21-35-29)25-6-4-3-5-7-25)19-23-8-10-24(11-9-23)20-34-26-15-12-22(13-16-26)14-17-28(32)33/h3-13,15-16,21H,2,14,17-20H2,1H3,(H,32,33). The largest absolute Gasteiger partial charge is 0.489 e. The SMILES string of the molecule is CCCN(Cc1ccc(COc2ccc(CCC(=O)O)cc2)cc1)c1nc(-c2ccccc2)cs1. The van der Waals surface area contributed by atoms with Crippen LogP contribution in [0, 0.1) is 0 Å². The van der Waals surface area contributed by atoms with E-state index in [1.807, 2.05) is 42.5 Å². The van der Waals surface area contributed by atoms with Crippen molar-refractivity contribution in [1.29, 1.82) is 0 Å². The van der Waals surface area contributed by atoms with Crippen LogP contribution in [0.25, 0.3) is 11.3 Å². The molecule has 1 N–H and O–H groups in total. The zero-order chi connectivity index (χ0) is 24.5. The van der Waals surface area contributed by atoms with Crippen LogP contribution < -0.4 is 9.64 Å². The summed E-state index contributed by atoms with van der Waals surface area (Å²) in [6.07, 6.45) is 1.72. The maximum Gasteiger partial charge on any atom is 0.303 e. The van der Waals surface area contributed by atoms with Crippen molar-refractivity contribution in [2.24, 2.45) is 0 Å². The fourth-order valence-electron chi connectivity index (χ4n) is 3.79. The third-order valence-corrected chi connectivity index (χ3v) is 6.58. The van der Waals surface area contributed by atoms with Crippen LogP contribution in [0.4, 0.5) is 5.13 Å². The molecule has 1 heterocycles. The van der Waals surface area contributed by atoms with Gasteiger partial charge in [-0.05, 0) is 41.7 Å². The highest BCUT2D eigenvalue weighted by molar-refractivity contribution is 7.14. The molecule has 0 unspecified atom stereocenters. The Morgan fingerprint density at radius 1 is 0.943 bits per heavy atom. The van der Waals surface area contributed by atoms with Crippen LogP contribution >= 0.6 is 11.3 Å². The van der Waals surface area contributed by atoms with E-state index in [0.29, 0.717) is 13.0 Å². The predicted octanol–water partition coefficient (Wildman–Crippen LogP) is 6.82. The summed E-state index contributed by atoms with van der Waals surface area (Å²) in [5.41, 5.74) is 5.50. The monoisotopic (exact) mass is 486 g/mol. The van der Waals surface area contributed by atoms with Gasteiger partial charge in [-0.3, -0.25) is 4.79 Å². The molecule has 0 bridgehead atoms. The van der Waals surface area contributed by atoms with E-state index in [-0.39, 0.29) is 6.42 Å². The lowest BCUT2D eigenvalue weighted by atomic mass is 10.1. The molecule has 0 amide bonds. The Hall–Kier alpha value is -3.64.